The van der Waals surface area contributed by atoms with Gasteiger partial charge in [-0.05, 0) is 40.9 Å². The molecule has 0 saturated carbocycles. The van der Waals surface area contributed by atoms with Crippen molar-refractivity contribution in [1.29, 1.82) is 0 Å². The molecule has 2 aromatic heterocycles. The lowest BCUT2D eigenvalue weighted by Gasteiger charge is -2.31. The number of halogens is 1. The molecule has 1 aromatic carbocycles. The van der Waals surface area contributed by atoms with Crippen molar-refractivity contribution in [2.75, 3.05) is 23.3 Å². The number of hydrogen-bond acceptors (Lipinski definition) is 6. The number of rotatable bonds is 4. The van der Waals surface area contributed by atoms with Gasteiger partial charge in [0.05, 0.1) is 5.92 Å². The van der Waals surface area contributed by atoms with E-state index in [9.17, 15) is 4.79 Å². The van der Waals surface area contributed by atoms with E-state index < -0.39 is 0 Å². The first-order valence-electron chi connectivity index (χ1n) is 8.75. The summed E-state index contributed by atoms with van der Waals surface area (Å²) in [5.74, 6) is 1.22. The largest absolute Gasteiger partial charge is 0.346 e. The summed E-state index contributed by atoms with van der Waals surface area (Å²) in [6, 6.07) is 13.6. The molecule has 1 N–H and O–H groups in total. The first-order valence-corrected chi connectivity index (χ1v) is 10.3. The summed E-state index contributed by atoms with van der Waals surface area (Å²) in [7, 11) is 0. The molecule has 0 spiro atoms. The van der Waals surface area contributed by atoms with Crippen molar-refractivity contribution >= 4 is 44.3 Å². The minimum atomic E-state index is -0.0896. The van der Waals surface area contributed by atoms with Crippen molar-refractivity contribution in [3.05, 3.63) is 53.1 Å². The molecule has 1 atom stereocenters. The smallest absolute Gasteiger partial charge is 0.230 e. The van der Waals surface area contributed by atoms with Crippen molar-refractivity contribution in [3.63, 3.8) is 0 Å². The summed E-state index contributed by atoms with van der Waals surface area (Å²) in [5.41, 5.74) is 1.01. The molecule has 0 bridgehead atoms. The minimum Gasteiger partial charge on any atom is -0.346 e. The van der Waals surface area contributed by atoms with Crippen LogP contribution < -0.4 is 10.2 Å². The number of nitrogens with zero attached hydrogens (tertiary/aromatic N) is 4. The van der Waals surface area contributed by atoms with Crippen LogP contribution in [0.25, 0.3) is 11.4 Å². The minimum absolute atomic E-state index is 0.00215. The summed E-state index contributed by atoms with van der Waals surface area (Å²) < 4.78 is 5.37. The second-order valence-electron chi connectivity index (χ2n) is 6.40. The number of anilines is 2. The van der Waals surface area contributed by atoms with Gasteiger partial charge < -0.3 is 10.2 Å². The number of pyridine rings is 1. The number of amides is 1. The third-order valence-corrected chi connectivity index (χ3v) is 5.73. The molecule has 138 valence electrons. The van der Waals surface area contributed by atoms with Gasteiger partial charge in [-0.1, -0.05) is 30.3 Å². The molecule has 8 heteroatoms. The van der Waals surface area contributed by atoms with Crippen LogP contribution in [0.15, 0.2) is 53.1 Å². The van der Waals surface area contributed by atoms with Crippen LogP contribution >= 0.6 is 27.5 Å². The Kier molecular flexibility index (Phi) is 5.45. The molecule has 0 radical (unpaired) electrons. The van der Waals surface area contributed by atoms with Crippen LogP contribution in [0, 0.1) is 5.92 Å². The van der Waals surface area contributed by atoms with Gasteiger partial charge in [0.25, 0.3) is 0 Å². The fourth-order valence-corrected chi connectivity index (χ4v) is 4.05. The van der Waals surface area contributed by atoms with Gasteiger partial charge >= 0.3 is 0 Å². The number of hydrogen-bond donors (Lipinski definition) is 1. The van der Waals surface area contributed by atoms with E-state index in [-0.39, 0.29) is 11.8 Å². The summed E-state index contributed by atoms with van der Waals surface area (Å²) in [6.45, 7) is 1.54. The van der Waals surface area contributed by atoms with Gasteiger partial charge in [-0.2, -0.15) is 9.36 Å². The average Bonchev–Trinajstić information content (AvgIpc) is 3.21. The maximum Gasteiger partial charge on any atom is 0.230 e. The first kappa shape index (κ1) is 18.1. The fourth-order valence-electron chi connectivity index (χ4n) is 3.09. The van der Waals surface area contributed by atoms with Gasteiger partial charge in [0.1, 0.15) is 5.82 Å². The molecule has 27 heavy (non-hydrogen) atoms. The monoisotopic (exact) mass is 443 g/mol. The zero-order valence-corrected chi connectivity index (χ0v) is 16.9. The van der Waals surface area contributed by atoms with Crippen LogP contribution in [0.2, 0.25) is 0 Å². The van der Waals surface area contributed by atoms with Crippen LogP contribution in [-0.2, 0) is 4.79 Å². The van der Waals surface area contributed by atoms with E-state index in [2.05, 4.69) is 40.5 Å². The number of aromatic nitrogens is 3. The SMILES string of the molecule is O=C(Nc1ccc(Br)cn1)C1CCCN(c2nc(-c3ccccc3)ns2)C1. The topological polar surface area (TPSA) is 71.0 Å². The molecule has 1 fully saturated rings. The summed E-state index contributed by atoms with van der Waals surface area (Å²) in [5, 5.41) is 3.78. The van der Waals surface area contributed by atoms with Crippen molar-refractivity contribution in [1.82, 2.24) is 14.3 Å². The molecule has 3 heterocycles. The highest BCUT2D eigenvalue weighted by molar-refractivity contribution is 9.10. The molecule has 1 saturated heterocycles. The summed E-state index contributed by atoms with van der Waals surface area (Å²) in [6.07, 6.45) is 3.49. The standard InChI is InChI=1S/C19H18BrN5OS/c20-15-8-9-16(21-11-15)22-18(26)14-7-4-10-25(12-14)19-23-17(24-27-19)13-5-2-1-3-6-13/h1-3,5-6,8-9,11,14H,4,7,10,12H2,(H,21,22,26). The van der Waals surface area contributed by atoms with Gasteiger partial charge in [0.15, 0.2) is 5.82 Å². The van der Waals surface area contributed by atoms with E-state index in [4.69, 9.17) is 0 Å². The van der Waals surface area contributed by atoms with E-state index in [1.807, 2.05) is 36.4 Å². The Balaban J connectivity index is 1.43. The number of piperidine rings is 1. The number of nitrogens with one attached hydrogen (secondary N) is 1. The van der Waals surface area contributed by atoms with Crippen LogP contribution in [0.5, 0.6) is 0 Å². The molecule has 4 rings (SSSR count). The zero-order chi connectivity index (χ0) is 18.6. The molecular formula is C19H18BrN5OS. The van der Waals surface area contributed by atoms with Crippen LogP contribution in [0.1, 0.15) is 12.8 Å². The molecule has 3 aromatic rings. The Hall–Kier alpha value is -2.32. The van der Waals surface area contributed by atoms with Crippen molar-refractivity contribution in [2.45, 2.75) is 12.8 Å². The Morgan fingerprint density at radius 2 is 2.07 bits per heavy atom. The molecular weight excluding hydrogens is 426 g/mol. The predicted octanol–water partition coefficient (Wildman–Crippen LogP) is 4.22. The quantitative estimate of drug-likeness (QED) is 0.653. The third kappa shape index (κ3) is 4.33. The van der Waals surface area contributed by atoms with Crippen LogP contribution in [0.4, 0.5) is 10.9 Å². The third-order valence-electron chi connectivity index (χ3n) is 4.49. The van der Waals surface area contributed by atoms with Gasteiger partial charge in [-0.3, -0.25) is 4.79 Å². The average molecular weight is 444 g/mol. The molecule has 1 amide bonds. The molecule has 6 nitrogen and oxygen atoms in total. The fraction of sp³-hybridized carbons (Fsp3) is 0.263. The Bertz CT molecular complexity index is 915. The van der Waals surface area contributed by atoms with Crippen molar-refractivity contribution in [3.8, 4) is 11.4 Å². The van der Waals surface area contributed by atoms with E-state index in [1.165, 1.54) is 11.5 Å². The number of benzene rings is 1. The van der Waals surface area contributed by atoms with E-state index >= 15 is 0 Å². The normalized spacial score (nSPS) is 16.9. The van der Waals surface area contributed by atoms with Crippen molar-refractivity contribution in [2.24, 2.45) is 5.92 Å². The zero-order valence-electron chi connectivity index (χ0n) is 14.5. The molecule has 0 aliphatic carbocycles. The second-order valence-corrected chi connectivity index (χ2v) is 8.05. The lowest BCUT2D eigenvalue weighted by molar-refractivity contribution is -0.120. The summed E-state index contributed by atoms with van der Waals surface area (Å²) in [4.78, 5) is 23.7. The molecule has 1 aliphatic heterocycles. The highest BCUT2D eigenvalue weighted by Gasteiger charge is 2.28. The van der Waals surface area contributed by atoms with Crippen molar-refractivity contribution < 1.29 is 4.79 Å². The molecule has 1 aliphatic rings. The predicted molar refractivity (Wildman–Crippen MR) is 111 cm³/mol. The van der Waals surface area contributed by atoms with Crippen LogP contribution in [0.3, 0.4) is 0 Å². The number of carbonyl (C=O) groups excluding carboxylic acids is 1. The summed E-state index contributed by atoms with van der Waals surface area (Å²) >= 11 is 4.73. The van der Waals surface area contributed by atoms with Crippen LogP contribution in [-0.4, -0.2) is 33.3 Å². The maximum absolute atomic E-state index is 12.6. The highest BCUT2D eigenvalue weighted by Crippen LogP contribution is 2.28. The Labute approximate surface area is 170 Å². The van der Waals surface area contributed by atoms with E-state index in [0.29, 0.717) is 12.4 Å². The second kappa shape index (κ2) is 8.14. The van der Waals surface area contributed by atoms with Gasteiger partial charge in [-0.25, -0.2) is 4.98 Å². The lowest BCUT2D eigenvalue weighted by atomic mass is 9.97. The van der Waals surface area contributed by atoms with E-state index in [0.717, 1.165) is 40.4 Å². The number of carbonyl (C=O) groups is 1. The maximum atomic E-state index is 12.6. The van der Waals surface area contributed by atoms with Gasteiger partial charge in [-0.15, -0.1) is 0 Å². The van der Waals surface area contributed by atoms with Gasteiger partial charge in [0.2, 0.25) is 11.0 Å². The Morgan fingerprint density at radius 3 is 2.85 bits per heavy atom. The van der Waals surface area contributed by atoms with E-state index in [1.54, 1.807) is 12.3 Å². The van der Waals surface area contributed by atoms with Gasteiger partial charge in [0, 0.05) is 40.9 Å². The lowest BCUT2D eigenvalue weighted by Crippen LogP contribution is -2.40. The Morgan fingerprint density at radius 1 is 1.22 bits per heavy atom. The molecule has 1 unspecified atom stereocenters. The first-order chi connectivity index (χ1) is 13.2. The highest BCUT2D eigenvalue weighted by atomic mass is 79.9.